The molecule has 60 heavy (non-hydrogen) atoms. The zero-order valence-corrected chi connectivity index (χ0v) is 32.4. The second kappa shape index (κ2) is 12.7. The second-order valence-electron chi connectivity index (χ2n) is 15.8. The van der Waals surface area contributed by atoms with Gasteiger partial charge in [0.2, 0.25) is 0 Å². The van der Waals surface area contributed by atoms with Crippen molar-refractivity contribution < 1.29 is 0 Å². The minimum Gasteiger partial charge on any atom is -0.309 e. The Bertz CT molecular complexity index is 3890. The molecular weight excluding hydrogens is 729 g/mol. The summed E-state index contributed by atoms with van der Waals surface area (Å²) in [4.78, 5) is 0. The fourth-order valence-corrected chi connectivity index (χ4v) is 9.86. The van der Waals surface area contributed by atoms with Gasteiger partial charge < -0.3 is 9.13 Å². The molecule has 0 fully saturated rings. The van der Waals surface area contributed by atoms with Gasteiger partial charge in [0.15, 0.2) is 0 Å². The predicted octanol–water partition coefficient (Wildman–Crippen LogP) is 14.6. The van der Waals surface area contributed by atoms with Crippen LogP contribution in [0.25, 0.3) is 121 Å². The first-order valence-corrected chi connectivity index (χ1v) is 20.5. The van der Waals surface area contributed by atoms with Crippen molar-refractivity contribution in [3.63, 3.8) is 0 Å². The van der Waals surface area contributed by atoms with Crippen molar-refractivity contribution in [2.24, 2.45) is 0 Å². The molecule has 278 valence electrons. The van der Waals surface area contributed by atoms with Gasteiger partial charge in [-0.1, -0.05) is 152 Å². The number of aromatic nitrogens is 4. The van der Waals surface area contributed by atoms with E-state index in [-0.39, 0.29) is 0 Å². The maximum atomic E-state index is 5.17. The number of fused-ring (bicyclic) bond motifs is 11. The van der Waals surface area contributed by atoms with Gasteiger partial charge in [0, 0.05) is 54.8 Å². The summed E-state index contributed by atoms with van der Waals surface area (Å²) in [6.45, 7) is 0. The predicted molar refractivity (Wildman–Crippen MR) is 252 cm³/mol. The Morgan fingerprint density at radius 3 is 1.68 bits per heavy atom. The number of hydrogen-bond donors (Lipinski definition) is 0. The Morgan fingerprint density at radius 2 is 0.867 bits per heavy atom. The number of para-hydroxylation sites is 2. The third kappa shape index (κ3) is 4.79. The maximum absolute atomic E-state index is 5.17. The molecule has 0 spiro atoms. The van der Waals surface area contributed by atoms with E-state index in [0.717, 1.165) is 61.0 Å². The van der Waals surface area contributed by atoms with E-state index in [1.807, 2.05) is 0 Å². The van der Waals surface area contributed by atoms with Crippen molar-refractivity contribution >= 4 is 86.7 Å². The Labute approximate surface area is 344 Å². The molecule has 0 aliphatic heterocycles. The monoisotopic (exact) mass is 762 g/mol. The SMILES string of the molecule is c1ccc(-n2c3ccccc3c3ccc(-c4nnc(-c5cc(-n6c7cc8ccccc8cc7c7c8ccccc8ccc76)cc6ccccc56)c5ccccc45)cc32)cc1. The lowest BCUT2D eigenvalue weighted by atomic mass is 9.96. The molecule has 0 bridgehead atoms. The molecule has 3 heterocycles. The van der Waals surface area contributed by atoms with Gasteiger partial charge in [-0.05, 0) is 86.9 Å². The Hall–Kier alpha value is -8.08. The van der Waals surface area contributed by atoms with E-state index in [2.05, 4.69) is 215 Å². The molecule has 4 heteroatoms. The first-order chi connectivity index (χ1) is 29.8. The average Bonchev–Trinajstić information content (AvgIpc) is 3.82. The van der Waals surface area contributed by atoms with Gasteiger partial charge in [-0.2, -0.15) is 0 Å². The Morgan fingerprint density at radius 1 is 0.283 bits per heavy atom. The fourth-order valence-electron chi connectivity index (χ4n) is 9.86. The highest BCUT2D eigenvalue weighted by Crippen LogP contribution is 2.43. The van der Waals surface area contributed by atoms with Crippen LogP contribution in [0.2, 0.25) is 0 Å². The molecular formula is C56H34N4. The topological polar surface area (TPSA) is 35.6 Å². The summed E-state index contributed by atoms with van der Waals surface area (Å²) in [7, 11) is 0. The smallest absolute Gasteiger partial charge is 0.101 e. The largest absolute Gasteiger partial charge is 0.309 e. The second-order valence-corrected chi connectivity index (χ2v) is 15.8. The highest BCUT2D eigenvalue weighted by molar-refractivity contribution is 6.23. The lowest BCUT2D eigenvalue weighted by molar-refractivity contribution is 1.06. The summed E-state index contributed by atoms with van der Waals surface area (Å²) in [5.74, 6) is 0. The number of nitrogens with zero attached hydrogens (tertiary/aromatic N) is 4. The van der Waals surface area contributed by atoms with Gasteiger partial charge in [-0.25, -0.2) is 0 Å². The normalized spacial score (nSPS) is 12.0. The van der Waals surface area contributed by atoms with E-state index >= 15 is 0 Å². The molecule has 10 aromatic carbocycles. The van der Waals surface area contributed by atoms with Gasteiger partial charge in [-0.3, -0.25) is 0 Å². The minimum absolute atomic E-state index is 0.864. The third-order valence-corrected chi connectivity index (χ3v) is 12.5. The zero-order chi connectivity index (χ0) is 39.3. The summed E-state index contributed by atoms with van der Waals surface area (Å²) in [5, 5.41) is 24.6. The Kier molecular flexibility index (Phi) is 6.98. The van der Waals surface area contributed by atoms with Crippen molar-refractivity contribution in [1.82, 2.24) is 19.3 Å². The lowest BCUT2D eigenvalue weighted by Crippen LogP contribution is -1.99. The van der Waals surface area contributed by atoms with Gasteiger partial charge in [0.1, 0.15) is 11.4 Å². The zero-order valence-electron chi connectivity index (χ0n) is 32.4. The van der Waals surface area contributed by atoms with Crippen LogP contribution in [0.5, 0.6) is 0 Å². The van der Waals surface area contributed by atoms with Crippen LogP contribution in [0.15, 0.2) is 206 Å². The van der Waals surface area contributed by atoms with Crippen LogP contribution >= 0.6 is 0 Å². The molecule has 0 radical (unpaired) electrons. The molecule has 0 amide bonds. The van der Waals surface area contributed by atoms with Crippen LogP contribution in [-0.4, -0.2) is 19.3 Å². The molecule has 0 aliphatic carbocycles. The molecule has 13 rings (SSSR count). The summed E-state index contributed by atoms with van der Waals surface area (Å²) in [5.41, 5.74) is 10.7. The van der Waals surface area contributed by atoms with Crippen molar-refractivity contribution in [2.75, 3.05) is 0 Å². The standard InChI is InChI=1S/C56H34N4/c1-2-18-40(19-3-1)59-50-25-13-12-22-44(50)45-28-26-39(33-52(45)59)55-46-23-10-11-24-47(46)56(58-57-55)48-34-41(30-38-17-7-8-20-42(38)48)60-51-29-27-35-14-6-9-21-43(35)54(51)49-31-36-15-4-5-16-37(36)32-53(49)60/h1-34H. The summed E-state index contributed by atoms with van der Waals surface area (Å²) < 4.78 is 4.81. The quantitative estimate of drug-likeness (QED) is 0.179. The molecule has 4 nitrogen and oxygen atoms in total. The molecule has 0 aliphatic rings. The minimum atomic E-state index is 0.864. The van der Waals surface area contributed by atoms with Crippen LogP contribution in [0.3, 0.4) is 0 Å². The molecule has 0 unspecified atom stereocenters. The van der Waals surface area contributed by atoms with Gasteiger partial charge in [0.05, 0.1) is 22.1 Å². The van der Waals surface area contributed by atoms with E-state index in [0.29, 0.717) is 0 Å². The van der Waals surface area contributed by atoms with Gasteiger partial charge >= 0.3 is 0 Å². The van der Waals surface area contributed by atoms with Crippen molar-refractivity contribution in [3.05, 3.63) is 206 Å². The summed E-state index contributed by atoms with van der Waals surface area (Å²) >= 11 is 0. The highest BCUT2D eigenvalue weighted by atomic mass is 15.1. The molecule has 0 saturated heterocycles. The maximum Gasteiger partial charge on any atom is 0.101 e. The number of rotatable bonds is 4. The van der Waals surface area contributed by atoms with E-state index < -0.39 is 0 Å². The van der Waals surface area contributed by atoms with Crippen LogP contribution < -0.4 is 0 Å². The van der Waals surface area contributed by atoms with Crippen LogP contribution in [0.1, 0.15) is 0 Å². The molecule has 13 aromatic rings. The van der Waals surface area contributed by atoms with Gasteiger partial charge in [0.25, 0.3) is 0 Å². The first-order valence-electron chi connectivity index (χ1n) is 20.5. The van der Waals surface area contributed by atoms with Crippen LogP contribution in [0.4, 0.5) is 0 Å². The van der Waals surface area contributed by atoms with Crippen molar-refractivity contribution in [3.8, 4) is 33.9 Å². The third-order valence-electron chi connectivity index (χ3n) is 12.5. The molecule has 0 saturated carbocycles. The fraction of sp³-hybridized carbons (Fsp3) is 0. The van der Waals surface area contributed by atoms with E-state index in [1.165, 1.54) is 59.6 Å². The molecule has 0 atom stereocenters. The molecule has 0 N–H and O–H groups in total. The van der Waals surface area contributed by atoms with E-state index in [4.69, 9.17) is 10.2 Å². The van der Waals surface area contributed by atoms with Crippen molar-refractivity contribution in [2.45, 2.75) is 0 Å². The first kappa shape index (κ1) is 32.9. The van der Waals surface area contributed by atoms with E-state index in [1.54, 1.807) is 0 Å². The summed E-state index contributed by atoms with van der Waals surface area (Å²) in [6, 6.07) is 74.6. The molecule has 3 aromatic heterocycles. The Balaban J connectivity index is 1.06. The van der Waals surface area contributed by atoms with Gasteiger partial charge in [-0.15, -0.1) is 10.2 Å². The van der Waals surface area contributed by atoms with E-state index in [9.17, 15) is 0 Å². The summed E-state index contributed by atoms with van der Waals surface area (Å²) in [6.07, 6.45) is 0. The number of benzene rings is 10. The van der Waals surface area contributed by atoms with Crippen LogP contribution in [0, 0.1) is 0 Å². The average molecular weight is 763 g/mol. The number of hydrogen-bond acceptors (Lipinski definition) is 2. The van der Waals surface area contributed by atoms with Crippen LogP contribution in [-0.2, 0) is 0 Å². The lowest BCUT2D eigenvalue weighted by Gasteiger charge is -2.16. The van der Waals surface area contributed by atoms with Crippen molar-refractivity contribution in [1.29, 1.82) is 0 Å². The highest BCUT2D eigenvalue weighted by Gasteiger charge is 2.21.